The second-order valence-corrected chi connectivity index (χ2v) is 5.45. The normalized spacial score (nSPS) is 12.5. The van der Waals surface area contributed by atoms with E-state index in [0.717, 1.165) is 22.0 Å². The van der Waals surface area contributed by atoms with Gasteiger partial charge in [-0.2, -0.15) is 0 Å². The number of aromatic nitrogens is 1. The molecular weight excluding hydrogens is 333 g/mol. The molecule has 1 unspecified atom stereocenters. The molecule has 2 aromatic carbocycles. The largest absolute Gasteiger partial charge is 0.271 e. The molecular formula is C16H13BrFN3. The summed E-state index contributed by atoms with van der Waals surface area (Å²) < 4.78 is 14.2. The van der Waals surface area contributed by atoms with Crippen LogP contribution in [0.15, 0.2) is 59.2 Å². The first-order chi connectivity index (χ1) is 10.2. The number of nitrogens with zero attached hydrogens (tertiary/aromatic N) is 1. The zero-order valence-corrected chi connectivity index (χ0v) is 12.6. The van der Waals surface area contributed by atoms with Crippen LogP contribution in [0.3, 0.4) is 0 Å². The van der Waals surface area contributed by atoms with Crippen molar-refractivity contribution in [1.29, 1.82) is 0 Å². The molecule has 3 nitrogen and oxygen atoms in total. The van der Waals surface area contributed by atoms with Crippen molar-refractivity contribution in [3.63, 3.8) is 0 Å². The van der Waals surface area contributed by atoms with Gasteiger partial charge >= 0.3 is 0 Å². The van der Waals surface area contributed by atoms with Gasteiger partial charge in [0.25, 0.3) is 0 Å². The number of fused-ring (bicyclic) bond motifs is 1. The Labute approximate surface area is 130 Å². The smallest absolute Gasteiger partial charge is 0.137 e. The number of benzene rings is 2. The Kier molecular flexibility index (Phi) is 3.96. The van der Waals surface area contributed by atoms with Gasteiger partial charge < -0.3 is 0 Å². The molecule has 1 heterocycles. The van der Waals surface area contributed by atoms with Crippen LogP contribution in [0.5, 0.6) is 0 Å². The summed E-state index contributed by atoms with van der Waals surface area (Å²) in [6.45, 7) is 0. The van der Waals surface area contributed by atoms with Gasteiger partial charge in [-0.3, -0.25) is 10.8 Å². The van der Waals surface area contributed by atoms with Crippen molar-refractivity contribution in [3.05, 3.63) is 76.1 Å². The summed E-state index contributed by atoms with van der Waals surface area (Å²) in [6.07, 6.45) is 1.75. The summed E-state index contributed by atoms with van der Waals surface area (Å²) in [5.41, 5.74) is 5.35. The molecule has 0 aliphatic heterocycles. The van der Waals surface area contributed by atoms with Crippen molar-refractivity contribution >= 4 is 26.8 Å². The highest BCUT2D eigenvalue weighted by Crippen LogP contribution is 2.32. The zero-order valence-electron chi connectivity index (χ0n) is 11.1. The van der Waals surface area contributed by atoms with Crippen LogP contribution in [-0.2, 0) is 0 Å². The Morgan fingerprint density at radius 1 is 1.05 bits per heavy atom. The summed E-state index contributed by atoms with van der Waals surface area (Å²) in [5, 5.41) is 0.985. The summed E-state index contributed by atoms with van der Waals surface area (Å²) in [4.78, 5) is 4.34. The third-order valence-corrected chi connectivity index (χ3v) is 4.29. The molecule has 0 bridgehead atoms. The molecule has 0 spiro atoms. The number of rotatable bonds is 3. The highest BCUT2D eigenvalue weighted by molar-refractivity contribution is 9.10. The van der Waals surface area contributed by atoms with Crippen LogP contribution >= 0.6 is 15.9 Å². The van der Waals surface area contributed by atoms with Crippen LogP contribution in [0.4, 0.5) is 4.39 Å². The maximum absolute atomic E-state index is 13.8. The van der Waals surface area contributed by atoms with Gasteiger partial charge in [-0.1, -0.05) is 30.3 Å². The minimum atomic E-state index is -0.331. The summed E-state index contributed by atoms with van der Waals surface area (Å²) in [7, 11) is 0. The lowest BCUT2D eigenvalue weighted by Crippen LogP contribution is -2.29. The average molecular weight is 346 g/mol. The molecule has 3 aromatic rings. The maximum atomic E-state index is 13.8. The molecule has 5 heteroatoms. The second kappa shape index (κ2) is 5.89. The number of nitrogens with two attached hydrogens (primary N) is 1. The fourth-order valence-corrected chi connectivity index (χ4v) is 2.96. The number of hydrazine groups is 1. The lowest BCUT2D eigenvalue weighted by molar-refractivity contribution is 0.598. The van der Waals surface area contributed by atoms with Crippen LogP contribution in [0.2, 0.25) is 0 Å². The van der Waals surface area contributed by atoms with Gasteiger partial charge in [-0.15, -0.1) is 0 Å². The fourth-order valence-electron chi connectivity index (χ4n) is 2.47. The van der Waals surface area contributed by atoms with E-state index < -0.39 is 0 Å². The number of halogens is 2. The first-order valence-electron chi connectivity index (χ1n) is 6.46. The predicted molar refractivity (Wildman–Crippen MR) is 85.0 cm³/mol. The van der Waals surface area contributed by atoms with Gasteiger partial charge in [0, 0.05) is 11.6 Å². The Balaban J connectivity index is 2.21. The topological polar surface area (TPSA) is 50.9 Å². The van der Waals surface area contributed by atoms with Crippen molar-refractivity contribution in [1.82, 2.24) is 10.4 Å². The van der Waals surface area contributed by atoms with Crippen molar-refractivity contribution in [2.75, 3.05) is 0 Å². The van der Waals surface area contributed by atoms with Crippen molar-refractivity contribution in [2.24, 2.45) is 5.84 Å². The first kappa shape index (κ1) is 14.1. The molecule has 0 amide bonds. The van der Waals surface area contributed by atoms with E-state index in [0.29, 0.717) is 4.47 Å². The van der Waals surface area contributed by atoms with Crippen LogP contribution in [0.25, 0.3) is 10.9 Å². The van der Waals surface area contributed by atoms with Crippen LogP contribution in [0.1, 0.15) is 17.2 Å². The molecule has 0 saturated heterocycles. The third-order valence-electron chi connectivity index (χ3n) is 3.45. The number of hydrogen-bond acceptors (Lipinski definition) is 3. The van der Waals surface area contributed by atoms with Gasteiger partial charge in [-0.25, -0.2) is 9.82 Å². The molecule has 21 heavy (non-hydrogen) atoms. The zero-order chi connectivity index (χ0) is 14.8. The summed E-state index contributed by atoms with van der Waals surface area (Å²) >= 11 is 3.30. The Hall–Kier alpha value is -1.82. The van der Waals surface area contributed by atoms with E-state index in [1.165, 1.54) is 6.07 Å². The summed E-state index contributed by atoms with van der Waals surface area (Å²) in [6, 6.07) is 14.3. The number of pyridine rings is 1. The number of nitrogens with one attached hydrogen (secondary N) is 1. The van der Waals surface area contributed by atoms with Gasteiger partial charge in [0.1, 0.15) is 5.82 Å². The highest BCUT2D eigenvalue weighted by Gasteiger charge is 2.19. The van der Waals surface area contributed by atoms with Gasteiger partial charge in [-0.05, 0) is 45.3 Å². The highest BCUT2D eigenvalue weighted by atomic mass is 79.9. The molecule has 0 aliphatic rings. The fraction of sp³-hybridized carbons (Fsp3) is 0.0625. The average Bonchev–Trinajstić information content (AvgIpc) is 2.52. The minimum absolute atomic E-state index is 0.314. The first-order valence-corrected chi connectivity index (χ1v) is 7.25. The lowest BCUT2D eigenvalue weighted by Gasteiger charge is -2.20. The second-order valence-electron chi connectivity index (χ2n) is 4.66. The van der Waals surface area contributed by atoms with E-state index in [4.69, 9.17) is 5.84 Å². The SMILES string of the molecule is NNC(c1cccc(F)c1Br)c1cccc2ncccc12. The monoisotopic (exact) mass is 345 g/mol. The standard InChI is InChI=1S/C16H13BrFN3/c17-15-12(5-1-7-13(15)18)16(21-19)11-4-2-8-14-10(11)6-3-9-20-14/h1-9,16,21H,19H2. The summed E-state index contributed by atoms with van der Waals surface area (Å²) in [5.74, 6) is 5.42. The Morgan fingerprint density at radius 3 is 2.62 bits per heavy atom. The van der Waals surface area contributed by atoms with E-state index in [2.05, 4.69) is 26.3 Å². The molecule has 0 radical (unpaired) electrons. The van der Waals surface area contributed by atoms with E-state index in [1.54, 1.807) is 12.3 Å². The Bertz CT molecular complexity index is 786. The molecule has 3 N–H and O–H groups in total. The van der Waals surface area contributed by atoms with Crippen LogP contribution in [0, 0.1) is 5.82 Å². The van der Waals surface area contributed by atoms with Crippen molar-refractivity contribution in [2.45, 2.75) is 6.04 Å². The van der Waals surface area contributed by atoms with Crippen LogP contribution < -0.4 is 11.3 Å². The molecule has 106 valence electrons. The van der Waals surface area contributed by atoms with E-state index in [-0.39, 0.29) is 11.9 Å². The lowest BCUT2D eigenvalue weighted by atomic mass is 9.95. The molecule has 0 fully saturated rings. The van der Waals surface area contributed by atoms with E-state index >= 15 is 0 Å². The molecule has 3 rings (SSSR count). The van der Waals surface area contributed by atoms with Crippen LogP contribution in [-0.4, -0.2) is 4.98 Å². The maximum Gasteiger partial charge on any atom is 0.137 e. The number of hydrogen-bond donors (Lipinski definition) is 2. The van der Waals surface area contributed by atoms with Gasteiger partial charge in [0.2, 0.25) is 0 Å². The van der Waals surface area contributed by atoms with Gasteiger partial charge in [0.05, 0.1) is 16.0 Å². The third kappa shape index (κ3) is 2.55. The molecule has 0 aliphatic carbocycles. The predicted octanol–water partition coefficient (Wildman–Crippen LogP) is 3.69. The molecule has 0 saturated carbocycles. The minimum Gasteiger partial charge on any atom is -0.271 e. The van der Waals surface area contributed by atoms with Crippen molar-refractivity contribution < 1.29 is 4.39 Å². The van der Waals surface area contributed by atoms with Crippen molar-refractivity contribution in [3.8, 4) is 0 Å². The van der Waals surface area contributed by atoms with Gasteiger partial charge in [0.15, 0.2) is 0 Å². The quantitative estimate of drug-likeness (QED) is 0.562. The Morgan fingerprint density at radius 2 is 1.81 bits per heavy atom. The van der Waals surface area contributed by atoms with E-state index in [1.807, 2.05) is 36.4 Å². The molecule has 1 aromatic heterocycles. The van der Waals surface area contributed by atoms with E-state index in [9.17, 15) is 4.39 Å². The molecule has 1 atom stereocenters.